The van der Waals surface area contributed by atoms with Gasteiger partial charge >= 0.3 is 0 Å². The third-order valence-electron chi connectivity index (χ3n) is 2.18. The number of benzene rings is 1. The van der Waals surface area contributed by atoms with Gasteiger partial charge < -0.3 is 4.74 Å². The summed E-state index contributed by atoms with van der Waals surface area (Å²) in [6, 6.07) is 14.0. The van der Waals surface area contributed by atoms with Crippen LogP contribution in [0.1, 0.15) is 5.56 Å². The van der Waals surface area contributed by atoms with Crippen LogP contribution in [0.4, 0.5) is 0 Å². The van der Waals surface area contributed by atoms with Crippen molar-refractivity contribution in [3.05, 3.63) is 60.4 Å². The summed E-state index contributed by atoms with van der Waals surface area (Å²) < 4.78 is 7.60. The second-order valence-corrected chi connectivity index (χ2v) is 3.48. The lowest BCUT2D eigenvalue weighted by atomic mass is 10.2. The number of rotatable bonds is 3. The second kappa shape index (κ2) is 4.60. The van der Waals surface area contributed by atoms with Gasteiger partial charge in [0.15, 0.2) is 12.4 Å². The van der Waals surface area contributed by atoms with Crippen molar-refractivity contribution >= 4 is 0 Å². The third-order valence-corrected chi connectivity index (χ3v) is 2.18. The molecule has 0 aliphatic rings. The van der Waals surface area contributed by atoms with Gasteiger partial charge in [0.2, 0.25) is 0 Å². The molecule has 15 heavy (non-hydrogen) atoms. The fourth-order valence-electron chi connectivity index (χ4n) is 1.30. The number of ether oxygens (including phenoxy) is 1. The first-order chi connectivity index (χ1) is 7.34. The zero-order valence-corrected chi connectivity index (χ0v) is 8.76. The van der Waals surface area contributed by atoms with E-state index in [1.165, 1.54) is 5.56 Å². The molecule has 2 heteroatoms. The van der Waals surface area contributed by atoms with E-state index >= 15 is 0 Å². The van der Waals surface area contributed by atoms with Crippen LogP contribution in [0, 0.1) is 6.92 Å². The fraction of sp³-hybridized carbons (Fsp3) is 0.154. The standard InChI is InChI=1S/C13H14NO/c1-12-5-7-13(8-6-12)15-11-14-9-3-2-4-10-14/h2-10H,11H2,1H3/q+1. The van der Waals surface area contributed by atoms with Crippen LogP contribution in [-0.2, 0) is 6.73 Å². The Morgan fingerprint density at radius 3 is 2.33 bits per heavy atom. The van der Waals surface area contributed by atoms with Crippen LogP contribution in [-0.4, -0.2) is 0 Å². The van der Waals surface area contributed by atoms with E-state index in [1.54, 1.807) is 0 Å². The van der Waals surface area contributed by atoms with Crippen LogP contribution in [0.25, 0.3) is 0 Å². The normalized spacial score (nSPS) is 9.93. The number of nitrogens with zero attached hydrogens (tertiary/aromatic N) is 1. The van der Waals surface area contributed by atoms with Crippen LogP contribution in [0.5, 0.6) is 5.75 Å². The molecule has 2 rings (SSSR count). The van der Waals surface area contributed by atoms with Crippen molar-refractivity contribution in [2.75, 3.05) is 0 Å². The Morgan fingerprint density at radius 1 is 1.00 bits per heavy atom. The Hall–Kier alpha value is -1.83. The highest BCUT2D eigenvalue weighted by Gasteiger charge is 1.98. The van der Waals surface area contributed by atoms with Crippen molar-refractivity contribution in [2.45, 2.75) is 13.7 Å². The maximum atomic E-state index is 5.61. The predicted molar refractivity (Wildman–Crippen MR) is 58.4 cm³/mol. The topological polar surface area (TPSA) is 13.1 Å². The molecule has 0 spiro atoms. The lowest BCUT2D eigenvalue weighted by Crippen LogP contribution is -2.35. The summed E-state index contributed by atoms with van der Waals surface area (Å²) in [5.41, 5.74) is 1.25. The van der Waals surface area contributed by atoms with Crippen molar-refractivity contribution in [3.63, 3.8) is 0 Å². The van der Waals surface area contributed by atoms with E-state index in [0.29, 0.717) is 6.73 Å². The van der Waals surface area contributed by atoms with Crippen molar-refractivity contribution < 1.29 is 9.30 Å². The number of hydrogen-bond acceptors (Lipinski definition) is 1. The molecule has 0 amide bonds. The molecular formula is C13H14NO+. The van der Waals surface area contributed by atoms with Gasteiger partial charge in [-0.3, -0.25) is 0 Å². The number of aromatic nitrogens is 1. The van der Waals surface area contributed by atoms with Crippen LogP contribution >= 0.6 is 0 Å². The average molecular weight is 200 g/mol. The summed E-state index contributed by atoms with van der Waals surface area (Å²) >= 11 is 0. The Labute approximate surface area is 89.8 Å². The molecule has 0 saturated carbocycles. The van der Waals surface area contributed by atoms with Crippen LogP contribution in [0.15, 0.2) is 54.9 Å². The molecule has 0 radical (unpaired) electrons. The first kappa shape index (κ1) is 9.71. The molecule has 1 heterocycles. The lowest BCUT2D eigenvalue weighted by Gasteiger charge is -2.02. The van der Waals surface area contributed by atoms with Gasteiger partial charge in [-0.15, -0.1) is 0 Å². The van der Waals surface area contributed by atoms with Gasteiger partial charge in [-0.05, 0) is 19.1 Å². The molecule has 76 valence electrons. The first-order valence-electron chi connectivity index (χ1n) is 4.98. The lowest BCUT2D eigenvalue weighted by molar-refractivity contribution is -0.724. The van der Waals surface area contributed by atoms with E-state index in [0.717, 1.165) is 5.75 Å². The van der Waals surface area contributed by atoms with Crippen LogP contribution < -0.4 is 9.30 Å². The van der Waals surface area contributed by atoms with E-state index in [9.17, 15) is 0 Å². The summed E-state index contributed by atoms with van der Waals surface area (Å²) in [7, 11) is 0. The van der Waals surface area contributed by atoms with E-state index in [4.69, 9.17) is 4.74 Å². The Balaban J connectivity index is 1.96. The highest BCUT2D eigenvalue weighted by atomic mass is 16.5. The summed E-state index contributed by atoms with van der Waals surface area (Å²) in [6.45, 7) is 2.61. The van der Waals surface area contributed by atoms with Gasteiger partial charge in [-0.1, -0.05) is 23.8 Å². The maximum Gasteiger partial charge on any atom is 0.292 e. The van der Waals surface area contributed by atoms with Crippen LogP contribution in [0.2, 0.25) is 0 Å². The summed E-state index contributed by atoms with van der Waals surface area (Å²) in [5, 5.41) is 0. The van der Waals surface area contributed by atoms with E-state index in [2.05, 4.69) is 6.92 Å². The molecule has 0 aliphatic carbocycles. The molecule has 0 bridgehead atoms. The van der Waals surface area contributed by atoms with E-state index < -0.39 is 0 Å². The zero-order valence-electron chi connectivity index (χ0n) is 8.76. The fourth-order valence-corrected chi connectivity index (χ4v) is 1.30. The minimum Gasteiger partial charge on any atom is -0.436 e. The zero-order chi connectivity index (χ0) is 10.5. The van der Waals surface area contributed by atoms with Crippen molar-refractivity contribution in [1.82, 2.24) is 0 Å². The highest BCUT2D eigenvalue weighted by molar-refractivity contribution is 5.25. The van der Waals surface area contributed by atoms with Crippen molar-refractivity contribution in [3.8, 4) is 5.75 Å². The molecule has 2 nitrogen and oxygen atoms in total. The second-order valence-electron chi connectivity index (χ2n) is 3.48. The largest absolute Gasteiger partial charge is 0.436 e. The molecule has 2 aromatic rings. The molecule has 0 fully saturated rings. The van der Waals surface area contributed by atoms with Gasteiger partial charge in [0.1, 0.15) is 5.75 Å². The molecule has 1 aromatic carbocycles. The third kappa shape index (κ3) is 2.81. The van der Waals surface area contributed by atoms with Crippen molar-refractivity contribution in [1.29, 1.82) is 0 Å². The SMILES string of the molecule is Cc1ccc(OC[n+]2ccccc2)cc1. The van der Waals surface area contributed by atoms with Gasteiger partial charge in [-0.25, -0.2) is 0 Å². The Bertz CT molecular complexity index is 408. The average Bonchev–Trinajstić information content (AvgIpc) is 2.30. The van der Waals surface area contributed by atoms with Gasteiger partial charge in [-0.2, -0.15) is 4.57 Å². The molecule has 0 unspecified atom stereocenters. The van der Waals surface area contributed by atoms with Gasteiger partial charge in [0, 0.05) is 12.1 Å². The minimum absolute atomic E-state index is 0.546. The maximum absolute atomic E-state index is 5.61. The summed E-state index contributed by atoms with van der Waals surface area (Å²) in [5.74, 6) is 0.900. The Morgan fingerprint density at radius 2 is 1.67 bits per heavy atom. The molecule has 0 N–H and O–H groups in total. The smallest absolute Gasteiger partial charge is 0.292 e. The van der Waals surface area contributed by atoms with Gasteiger partial charge in [0.05, 0.1) is 0 Å². The number of aryl methyl sites for hydroxylation is 1. The quantitative estimate of drug-likeness (QED) is 0.693. The summed E-state index contributed by atoms with van der Waals surface area (Å²) in [6.07, 6.45) is 3.96. The van der Waals surface area contributed by atoms with Crippen LogP contribution in [0.3, 0.4) is 0 Å². The first-order valence-corrected chi connectivity index (χ1v) is 4.98. The van der Waals surface area contributed by atoms with E-state index in [-0.39, 0.29) is 0 Å². The monoisotopic (exact) mass is 200 g/mol. The predicted octanol–water partition coefficient (Wildman–Crippen LogP) is 2.32. The molecule has 1 aromatic heterocycles. The highest BCUT2D eigenvalue weighted by Crippen LogP contribution is 2.10. The Kier molecular flexibility index (Phi) is 2.98. The van der Waals surface area contributed by atoms with Crippen molar-refractivity contribution in [2.24, 2.45) is 0 Å². The molecular weight excluding hydrogens is 186 g/mol. The number of pyridine rings is 1. The molecule has 0 saturated heterocycles. The number of hydrogen-bond donors (Lipinski definition) is 0. The van der Waals surface area contributed by atoms with Gasteiger partial charge in [0.25, 0.3) is 6.73 Å². The minimum atomic E-state index is 0.546. The summed E-state index contributed by atoms with van der Waals surface area (Å²) in [4.78, 5) is 0. The molecule has 0 atom stereocenters. The van der Waals surface area contributed by atoms with E-state index in [1.807, 2.05) is 59.4 Å². The molecule has 0 aliphatic heterocycles.